The fourth-order valence-electron chi connectivity index (χ4n) is 3.05. The van der Waals surface area contributed by atoms with Crippen molar-refractivity contribution in [1.29, 1.82) is 0 Å². The summed E-state index contributed by atoms with van der Waals surface area (Å²) in [6.07, 6.45) is 0. The fourth-order valence-corrected chi connectivity index (χ4v) is 4.30. The molecular weight excluding hydrogens is 498 g/mol. The summed E-state index contributed by atoms with van der Waals surface area (Å²) >= 11 is 6.04. The topological polar surface area (TPSA) is 84.5 Å². The van der Waals surface area contributed by atoms with E-state index in [0.717, 1.165) is 30.3 Å². The van der Waals surface area contributed by atoms with Crippen LogP contribution in [0.5, 0.6) is 11.5 Å². The first-order chi connectivity index (χ1) is 16.7. The highest BCUT2D eigenvalue weighted by molar-refractivity contribution is 7.92. The SMILES string of the molecule is O=C(Nc1ccc(S(=O)(=O)Nc2cc(Cl)ccc2Oc2ccccc2)cc1F)c1ccc(F)cc1. The van der Waals surface area contributed by atoms with E-state index in [2.05, 4.69) is 10.0 Å². The average molecular weight is 515 g/mol. The van der Waals surface area contributed by atoms with Crippen LogP contribution in [-0.2, 0) is 10.0 Å². The van der Waals surface area contributed by atoms with E-state index in [1.54, 1.807) is 30.3 Å². The average Bonchev–Trinajstić information content (AvgIpc) is 2.83. The van der Waals surface area contributed by atoms with Gasteiger partial charge in [-0.15, -0.1) is 0 Å². The Morgan fingerprint density at radius 1 is 0.829 bits per heavy atom. The van der Waals surface area contributed by atoms with Crippen LogP contribution in [-0.4, -0.2) is 14.3 Å². The maximum atomic E-state index is 14.7. The maximum absolute atomic E-state index is 14.7. The first-order valence-electron chi connectivity index (χ1n) is 10.1. The maximum Gasteiger partial charge on any atom is 0.262 e. The van der Waals surface area contributed by atoms with Gasteiger partial charge in [-0.3, -0.25) is 9.52 Å². The third kappa shape index (κ3) is 5.95. The number of carbonyl (C=O) groups excluding carboxylic acids is 1. The number of anilines is 2. The Balaban J connectivity index is 1.55. The zero-order valence-electron chi connectivity index (χ0n) is 17.8. The second-order valence-electron chi connectivity index (χ2n) is 7.26. The molecule has 4 aromatic carbocycles. The van der Waals surface area contributed by atoms with Gasteiger partial charge in [0.2, 0.25) is 0 Å². The highest BCUT2D eigenvalue weighted by Crippen LogP contribution is 2.34. The molecule has 0 aliphatic heterocycles. The van der Waals surface area contributed by atoms with E-state index in [9.17, 15) is 22.0 Å². The molecule has 4 aromatic rings. The quantitative estimate of drug-likeness (QED) is 0.296. The van der Waals surface area contributed by atoms with Crippen molar-refractivity contribution in [1.82, 2.24) is 0 Å². The van der Waals surface area contributed by atoms with E-state index < -0.39 is 27.6 Å². The number of amides is 1. The summed E-state index contributed by atoms with van der Waals surface area (Å²) in [7, 11) is -4.25. The molecule has 6 nitrogen and oxygen atoms in total. The molecule has 0 aliphatic carbocycles. The molecule has 2 N–H and O–H groups in total. The van der Waals surface area contributed by atoms with E-state index in [-0.39, 0.29) is 32.6 Å². The van der Waals surface area contributed by atoms with Crippen LogP contribution in [0.1, 0.15) is 10.4 Å². The van der Waals surface area contributed by atoms with Gasteiger partial charge in [0.15, 0.2) is 5.75 Å². The van der Waals surface area contributed by atoms with Crippen LogP contribution >= 0.6 is 11.6 Å². The molecule has 4 rings (SSSR count). The van der Waals surface area contributed by atoms with Gasteiger partial charge in [-0.25, -0.2) is 17.2 Å². The molecule has 0 spiro atoms. The summed E-state index contributed by atoms with van der Waals surface area (Å²) in [5.41, 5.74) is -0.0827. The van der Waals surface area contributed by atoms with Crippen LogP contribution in [0.25, 0.3) is 0 Å². The van der Waals surface area contributed by atoms with Gasteiger partial charge in [-0.2, -0.15) is 0 Å². The molecule has 178 valence electrons. The van der Waals surface area contributed by atoms with Crippen LogP contribution in [0.15, 0.2) is 95.9 Å². The molecule has 0 radical (unpaired) electrons. The van der Waals surface area contributed by atoms with Crippen molar-refractivity contribution < 1.29 is 26.7 Å². The summed E-state index contributed by atoms with van der Waals surface area (Å²) < 4.78 is 61.7. The number of sulfonamides is 1. The molecule has 35 heavy (non-hydrogen) atoms. The number of ether oxygens (including phenoxy) is 1. The first-order valence-corrected chi connectivity index (χ1v) is 12.0. The molecular formula is C25H17ClF2N2O4S. The predicted molar refractivity (Wildman–Crippen MR) is 130 cm³/mol. The Morgan fingerprint density at radius 3 is 2.23 bits per heavy atom. The van der Waals surface area contributed by atoms with Gasteiger partial charge in [0.25, 0.3) is 15.9 Å². The van der Waals surface area contributed by atoms with E-state index in [4.69, 9.17) is 16.3 Å². The molecule has 0 fully saturated rings. The van der Waals surface area contributed by atoms with E-state index >= 15 is 0 Å². The molecule has 0 atom stereocenters. The van der Waals surface area contributed by atoms with Crippen molar-refractivity contribution in [2.75, 3.05) is 10.0 Å². The van der Waals surface area contributed by atoms with Gasteiger partial charge in [-0.1, -0.05) is 29.8 Å². The second-order valence-corrected chi connectivity index (χ2v) is 9.38. The van der Waals surface area contributed by atoms with Crippen molar-refractivity contribution in [3.8, 4) is 11.5 Å². The van der Waals surface area contributed by atoms with Gasteiger partial charge in [0.1, 0.15) is 17.4 Å². The molecule has 0 aromatic heterocycles. The molecule has 0 heterocycles. The highest BCUT2D eigenvalue weighted by Gasteiger charge is 2.20. The first kappa shape index (κ1) is 24.2. The van der Waals surface area contributed by atoms with Crippen LogP contribution < -0.4 is 14.8 Å². The van der Waals surface area contributed by atoms with Crippen molar-refractivity contribution in [2.45, 2.75) is 4.90 Å². The monoisotopic (exact) mass is 514 g/mol. The smallest absolute Gasteiger partial charge is 0.262 e. The van der Waals surface area contributed by atoms with Crippen LogP contribution in [0.3, 0.4) is 0 Å². The summed E-state index contributed by atoms with van der Waals surface area (Å²) in [5.74, 6) is -1.52. The lowest BCUT2D eigenvalue weighted by Gasteiger charge is -2.14. The van der Waals surface area contributed by atoms with E-state index in [1.165, 1.54) is 30.3 Å². The number of rotatable bonds is 7. The van der Waals surface area contributed by atoms with Gasteiger partial charge < -0.3 is 10.1 Å². The lowest BCUT2D eigenvalue weighted by Crippen LogP contribution is -2.16. The molecule has 0 bridgehead atoms. The largest absolute Gasteiger partial charge is 0.455 e. The van der Waals surface area contributed by atoms with Crippen LogP contribution in [0.2, 0.25) is 5.02 Å². The lowest BCUT2D eigenvalue weighted by molar-refractivity contribution is 0.102. The van der Waals surface area contributed by atoms with Gasteiger partial charge in [0, 0.05) is 10.6 Å². The summed E-state index contributed by atoms with van der Waals surface area (Å²) in [5, 5.41) is 2.59. The molecule has 0 aliphatic rings. The van der Waals surface area contributed by atoms with Gasteiger partial charge in [0.05, 0.1) is 16.3 Å². The van der Waals surface area contributed by atoms with Crippen molar-refractivity contribution in [2.24, 2.45) is 0 Å². The molecule has 1 amide bonds. The van der Waals surface area contributed by atoms with E-state index in [1.807, 2.05) is 0 Å². The summed E-state index contributed by atoms with van der Waals surface area (Å²) in [6.45, 7) is 0. The molecule has 0 saturated carbocycles. The number of halogens is 3. The van der Waals surface area contributed by atoms with Gasteiger partial charge >= 0.3 is 0 Å². The standard InChI is InChI=1S/C25H17ClF2N2O4S/c26-17-8-13-24(34-19-4-2-1-3-5-19)23(14-17)30-35(32,33)20-11-12-22(21(28)15-20)29-25(31)16-6-9-18(27)10-7-16/h1-15,30H,(H,29,31). The molecule has 0 unspecified atom stereocenters. The molecule has 0 saturated heterocycles. The third-order valence-corrected chi connectivity index (χ3v) is 6.36. The number of para-hydroxylation sites is 1. The van der Waals surface area contributed by atoms with E-state index in [0.29, 0.717) is 5.75 Å². The number of hydrogen-bond donors (Lipinski definition) is 2. The zero-order chi connectivity index (χ0) is 25.0. The number of benzene rings is 4. The van der Waals surface area contributed by atoms with Crippen LogP contribution in [0, 0.1) is 11.6 Å². The Bertz CT molecular complexity index is 1480. The third-order valence-electron chi connectivity index (χ3n) is 4.76. The Hall–Kier alpha value is -3.95. The number of carbonyl (C=O) groups is 1. The highest BCUT2D eigenvalue weighted by atomic mass is 35.5. The predicted octanol–water partition coefficient (Wildman–Crippen LogP) is 6.46. The van der Waals surface area contributed by atoms with Gasteiger partial charge in [-0.05, 0) is 72.8 Å². The normalized spacial score (nSPS) is 11.1. The minimum atomic E-state index is -4.25. The second kappa shape index (κ2) is 10.1. The minimum absolute atomic E-state index is 0.0513. The number of hydrogen-bond acceptors (Lipinski definition) is 4. The minimum Gasteiger partial charge on any atom is -0.455 e. The Morgan fingerprint density at radius 2 is 1.54 bits per heavy atom. The summed E-state index contributed by atoms with van der Waals surface area (Å²) in [4.78, 5) is 11.9. The van der Waals surface area contributed by atoms with Crippen molar-refractivity contribution in [3.05, 3.63) is 113 Å². The molecule has 10 heteroatoms. The van der Waals surface area contributed by atoms with Crippen molar-refractivity contribution >= 4 is 38.9 Å². The number of nitrogens with one attached hydrogen (secondary N) is 2. The van der Waals surface area contributed by atoms with Crippen LogP contribution in [0.4, 0.5) is 20.2 Å². The van der Waals surface area contributed by atoms with Crippen molar-refractivity contribution in [3.63, 3.8) is 0 Å². The summed E-state index contributed by atoms with van der Waals surface area (Å²) in [6, 6.07) is 20.8. The lowest BCUT2D eigenvalue weighted by atomic mass is 10.2. The Labute approximate surface area is 205 Å². The zero-order valence-corrected chi connectivity index (χ0v) is 19.4. The fraction of sp³-hybridized carbons (Fsp3) is 0. The Kier molecular flexibility index (Phi) is 6.99.